The maximum absolute atomic E-state index is 11.9. The van der Waals surface area contributed by atoms with E-state index in [-0.39, 0.29) is 11.3 Å². The van der Waals surface area contributed by atoms with Gasteiger partial charge in [0.05, 0.1) is 0 Å². The van der Waals surface area contributed by atoms with Gasteiger partial charge in [-0.15, -0.1) is 0 Å². The lowest BCUT2D eigenvalue weighted by Crippen LogP contribution is -2.36. The molecule has 122 valence electrons. The van der Waals surface area contributed by atoms with Crippen molar-refractivity contribution in [2.24, 2.45) is 5.92 Å². The van der Waals surface area contributed by atoms with Gasteiger partial charge in [-0.25, -0.2) is 0 Å². The van der Waals surface area contributed by atoms with Gasteiger partial charge in [-0.3, -0.25) is 4.79 Å². The highest BCUT2D eigenvalue weighted by Gasteiger charge is 2.24. The molecule has 0 unspecified atom stereocenters. The topological polar surface area (TPSA) is 47.6 Å². The van der Waals surface area contributed by atoms with Crippen molar-refractivity contribution in [1.29, 1.82) is 0 Å². The number of hydrogen-bond acceptors (Lipinski definition) is 3. The molecule has 0 radical (unpaired) electrons. The predicted molar refractivity (Wildman–Crippen MR) is 87.5 cm³/mol. The summed E-state index contributed by atoms with van der Waals surface area (Å²) in [5.74, 6) is 2.27. The maximum atomic E-state index is 11.9. The van der Waals surface area contributed by atoms with Crippen LogP contribution in [-0.4, -0.2) is 25.7 Å². The fraction of sp³-hybridized carbons (Fsp3) is 0.611. The van der Waals surface area contributed by atoms with Gasteiger partial charge in [-0.05, 0) is 30.0 Å². The first-order chi connectivity index (χ1) is 10.4. The summed E-state index contributed by atoms with van der Waals surface area (Å²) in [6, 6.07) is 6.02. The molecule has 1 aliphatic rings. The lowest BCUT2D eigenvalue weighted by atomic mass is 9.84. The fourth-order valence-corrected chi connectivity index (χ4v) is 2.39. The van der Waals surface area contributed by atoms with Crippen LogP contribution >= 0.6 is 0 Å². The summed E-state index contributed by atoms with van der Waals surface area (Å²) in [6.07, 6.45) is 1.52. The van der Waals surface area contributed by atoms with E-state index < -0.39 is 0 Å². The summed E-state index contributed by atoms with van der Waals surface area (Å²) in [7, 11) is 0. The highest BCUT2D eigenvalue weighted by Crippen LogP contribution is 2.34. The Labute approximate surface area is 133 Å². The molecule has 2 rings (SSSR count). The maximum Gasteiger partial charge on any atom is 0.220 e. The Morgan fingerprint density at radius 1 is 1.23 bits per heavy atom. The molecule has 1 heterocycles. The van der Waals surface area contributed by atoms with Crippen molar-refractivity contribution in [1.82, 2.24) is 5.32 Å². The standard InChI is InChI=1S/C18H27NO3/c1-13(2)5-8-17(20)19-12-18(3,4)14-6-7-15-16(11-14)22-10-9-21-15/h6-7,11,13H,5,8-10,12H2,1-4H3,(H,19,20). The fourth-order valence-electron chi connectivity index (χ4n) is 2.39. The number of rotatable bonds is 6. The summed E-state index contributed by atoms with van der Waals surface area (Å²) >= 11 is 0. The minimum Gasteiger partial charge on any atom is -0.486 e. The third-order valence-corrected chi connectivity index (χ3v) is 4.00. The Morgan fingerprint density at radius 3 is 2.59 bits per heavy atom. The van der Waals surface area contributed by atoms with Crippen LogP contribution in [-0.2, 0) is 10.2 Å². The first kappa shape index (κ1) is 16.7. The average Bonchev–Trinajstić information content (AvgIpc) is 2.50. The normalized spacial score (nSPS) is 14.0. The van der Waals surface area contributed by atoms with Crippen LogP contribution in [0, 0.1) is 5.92 Å². The van der Waals surface area contributed by atoms with Gasteiger partial charge in [0, 0.05) is 18.4 Å². The largest absolute Gasteiger partial charge is 0.486 e. The molecule has 1 aromatic rings. The quantitative estimate of drug-likeness (QED) is 0.877. The average molecular weight is 305 g/mol. The van der Waals surface area contributed by atoms with Gasteiger partial charge < -0.3 is 14.8 Å². The molecule has 1 amide bonds. The molecule has 0 saturated heterocycles. The summed E-state index contributed by atoms with van der Waals surface area (Å²) in [4.78, 5) is 11.9. The summed E-state index contributed by atoms with van der Waals surface area (Å²) in [6.45, 7) is 10.3. The van der Waals surface area contributed by atoms with Crippen molar-refractivity contribution >= 4 is 5.91 Å². The second kappa shape index (κ2) is 7.03. The minimum atomic E-state index is -0.149. The van der Waals surface area contributed by atoms with Gasteiger partial charge in [0.1, 0.15) is 13.2 Å². The number of carbonyl (C=O) groups excluding carboxylic acids is 1. The molecule has 0 spiro atoms. The molecule has 1 aromatic carbocycles. The van der Waals surface area contributed by atoms with Crippen molar-refractivity contribution in [3.05, 3.63) is 23.8 Å². The second-order valence-corrected chi connectivity index (χ2v) is 6.95. The minimum absolute atomic E-state index is 0.124. The number of ether oxygens (including phenoxy) is 2. The van der Waals surface area contributed by atoms with E-state index in [2.05, 4.69) is 33.0 Å². The van der Waals surface area contributed by atoms with Crippen LogP contribution < -0.4 is 14.8 Å². The second-order valence-electron chi connectivity index (χ2n) is 6.95. The molecule has 0 bridgehead atoms. The smallest absolute Gasteiger partial charge is 0.220 e. The van der Waals surface area contributed by atoms with E-state index in [1.807, 2.05) is 18.2 Å². The molecular formula is C18H27NO3. The SMILES string of the molecule is CC(C)CCC(=O)NCC(C)(C)c1ccc2c(c1)OCCO2. The highest BCUT2D eigenvalue weighted by molar-refractivity contribution is 5.76. The van der Waals surface area contributed by atoms with Crippen molar-refractivity contribution in [3.63, 3.8) is 0 Å². The van der Waals surface area contributed by atoms with Gasteiger partial charge >= 0.3 is 0 Å². The first-order valence-electron chi connectivity index (χ1n) is 8.05. The van der Waals surface area contributed by atoms with E-state index in [1.54, 1.807) is 0 Å². The van der Waals surface area contributed by atoms with E-state index in [0.29, 0.717) is 32.1 Å². The van der Waals surface area contributed by atoms with Crippen LogP contribution in [0.1, 0.15) is 46.1 Å². The van der Waals surface area contributed by atoms with Crippen molar-refractivity contribution in [2.75, 3.05) is 19.8 Å². The van der Waals surface area contributed by atoms with Crippen LogP contribution in [0.5, 0.6) is 11.5 Å². The van der Waals surface area contributed by atoms with Crippen LogP contribution in [0.3, 0.4) is 0 Å². The van der Waals surface area contributed by atoms with E-state index in [9.17, 15) is 4.79 Å². The molecule has 1 aliphatic heterocycles. The lowest BCUT2D eigenvalue weighted by molar-refractivity contribution is -0.121. The van der Waals surface area contributed by atoms with E-state index in [1.165, 1.54) is 0 Å². The molecule has 0 saturated carbocycles. The molecular weight excluding hydrogens is 278 g/mol. The molecule has 1 N–H and O–H groups in total. The van der Waals surface area contributed by atoms with Crippen molar-refractivity contribution < 1.29 is 14.3 Å². The molecule has 0 aromatic heterocycles. The number of carbonyl (C=O) groups is 1. The Balaban J connectivity index is 1.96. The third kappa shape index (κ3) is 4.39. The zero-order valence-electron chi connectivity index (χ0n) is 14.1. The Bertz CT molecular complexity index is 523. The van der Waals surface area contributed by atoms with Crippen LogP contribution in [0.25, 0.3) is 0 Å². The Hall–Kier alpha value is -1.71. The molecule has 4 heteroatoms. The van der Waals surface area contributed by atoms with E-state index in [4.69, 9.17) is 9.47 Å². The monoisotopic (exact) mass is 305 g/mol. The van der Waals surface area contributed by atoms with Crippen LogP contribution in [0.15, 0.2) is 18.2 Å². The molecule has 0 atom stereocenters. The Kier molecular flexibility index (Phi) is 5.33. The van der Waals surface area contributed by atoms with Gasteiger partial charge in [0.2, 0.25) is 5.91 Å². The van der Waals surface area contributed by atoms with Gasteiger partial charge in [-0.2, -0.15) is 0 Å². The van der Waals surface area contributed by atoms with Gasteiger partial charge in [0.25, 0.3) is 0 Å². The van der Waals surface area contributed by atoms with E-state index in [0.717, 1.165) is 23.5 Å². The van der Waals surface area contributed by atoms with Crippen LogP contribution in [0.4, 0.5) is 0 Å². The molecule has 4 nitrogen and oxygen atoms in total. The zero-order valence-corrected chi connectivity index (χ0v) is 14.1. The van der Waals surface area contributed by atoms with E-state index >= 15 is 0 Å². The van der Waals surface area contributed by atoms with Gasteiger partial charge in [0.15, 0.2) is 11.5 Å². The number of fused-ring (bicyclic) bond motifs is 1. The number of amides is 1. The molecule has 0 fully saturated rings. The van der Waals surface area contributed by atoms with Gasteiger partial charge in [-0.1, -0.05) is 33.8 Å². The summed E-state index contributed by atoms with van der Waals surface area (Å²) in [5, 5.41) is 3.05. The predicted octanol–water partition coefficient (Wildman–Crippen LogP) is 3.29. The summed E-state index contributed by atoms with van der Waals surface area (Å²) < 4.78 is 11.2. The first-order valence-corrected chi connectivity index (χ1v) is 8.05. The number of nitrogens with one attached hydrogen (secondary N) is 1. The summed E-state index contributed by atoms with van der Waals surface area (Å²) in [5.41, 5.74) is 0.990. The molecule has 22 heavy (non-hydrogen) atoms. The third-order valence-electron chi connectivity index (χ3n) is 4.00. The lowest BCUT2D eigenvalue weighted by Gasteiger charge is -2.28. The van der Waals surface area contributed by atoms with Crippen molar-refractivity contribution in [2.45, 2.75) is 46.0 Å². The number of hydrogen-bond donors (Lipinski definition) is 1. The van der Waals surface area contributed by atoms with Crippen LogP contribution in [0.2, 0.25) is 0 Å². The number of benzene rings is 1. The Morgan fingerprint density at radius 2 is 1.91 bits per heavy atom. The highest BCUT2D eigenvalue weighted by atomic mass is 16.6. The molecule has 0 aliphatic carbocycles. The van der Waals surface area contributed by atoms with Crippen molar-refractivity contribution in [3.8, 4) is 11.5 Å². The zero-order chi connectivity index (χ0) is 16.2.